The molecule has 0 saturated heterocycles. The Hall–Kier alpha value is -0.800. The summed E-state index contributed by atoms with van der Waals surface area (Å²) >= 11 is 9.05. The first-order valence-corrected chi connectivity index (χ1v) is 5.27. The van der Waals surface area contributed by atoms with Crippen LogP contribution in [0.5, 0.6) is 0 Å². The Morgan fingerprint density at radius 1 is 1.57 bits per heavy atom. The predicted octanol–water partition coefficient (Wildman–Crippen LogP) is 3.58. The van der Waals surface area contributed by atoms with E-state index in [1.165, 1.54) is 6.92 Å². The molecule has 1 amide bonds. The molecule has 14 heavy (non-hydrogen) atoms. The third-order valence-electron chi connectivity index (χ3n) is 1.55. The molecule has 1 aromatic carbocycles. The Balaban J connectivity index is 2.95. The molecule has 0 radical (unpaired) electrons. The summed E-state index contributed by atoms with van der Waals surface area (Å²) in [6, 6.07) is 7.32. The van der Waals surface area contributed by atoms with Gasteiger partial charge in [-0.15, -0.1) is 0 Å². The van der Waals surface area contributed by atoms with Crippen molar-refractivity contribution in [2.45, 2.75) is 6.92 Å². The summed E-state index contributed by atoms with van der Waals surface area (Å²) < 4.78 is 0. The zero-order chi connectivity index (χ0) is 10.6. The van der Waals surface area contributed by atoms with Crippen LogP contribution in [0.15, 0.2) is 29.3 Å². The van der Waals surface area contributed by atoms with Crippen LogP contribution in [0, 0.1) is 0 Å². The maximum Gasteiger partial charge on any atom is 0.221 e. The van der Waals surface area contributed by atoms with Crippen molar-refractivity contribution >= 4 is 44.2 Å². The Labute approximate surface area is 96.1 Å². The molecule has 0 spiro atoms. The highest BCUT2D eigenvalue weighted by molar-refractivity contribution is 9.11. The van der Waals surface area contributed by atoms with Crippen LogP contribution < -0.4 is 5.32 Å². The van der Waals surface area contributed by atoms with Crippen molar-refractivity contribution in [2.24, 2.45) is 0 Å². The van der Waals surface area contributed by atoms with Gasteiger partial charge in [-0.05, 0) is 17.7 Å². The second-order valence-corrected chi connectivity index (χ2v) is 3.58. The number of hydrogen-bond acceptors (Lipinski definition) is 1. The number of benzene rings is 1. The van der Waals surface area contributed by atoms with Crippen LogP contribution in [-0.2, 0) is 4.79 Å². The van der Waals surface area contributed by atoms with E-state index >= 15 is 0 Å². The van der Waals surface area contributed by atoms with Crippen molar-refractivity contribution in [3.8, 4) is 0 Å². The van der Waals surface area contributed by atoms with Gasteiger partial charge in [0.1, 0.15) is 0 Å². The molecule has 1 rings (SSSR count). The molecule has 0 aliphatic rings. The highest BCUT2D eigenvalue weighted by Crippen LogP contribution is 2.22. The summed E-state index contributed by atoms with van der Waals surface area (Å²) in [5.41, 5.74) is 1.59. The van der Waals surface area contributed by atoms with E-state index < -0.39 is 0 Å². The number of anilines is 1. The minimum Gasteiger partial charge on any atom is -0.326 e. The largest absolute Gasteiger partial charge is 0.326 e. The van der Waals surface area contributed by atoms with E-state index in [0.29, 0.717) is 5.03 Å². The van der Waals surface area contributed by atoms with Gasteiger partial charge in [-0.25, -0.2) is 0 Å². The van der Waals surface area contributed by atoms with Gasteiger partial charge in [0.2, 0.25) is 5.91 Å². The van der Waals surface area contributed by atoms with Gasteiger partial charge in [0.05, 0.1) is 5.03 Å². The van der Waals surface area contributed by atoms with Crippen molar-refractivity contribution in [3.63, 3.8) is 0 Å². The fourth-order valence-corrected chi connectivity index (χ4v) is 1.39. The molecule has 0 saturated carbocycles. The molecule has 0 aliphatic heterocycles. The fraction of sp³-hybridized carbons (Fsp3) is 0.100. The lowest BCUT2D eigenvalue weighted by molar-refractivity contribution is -0.114. The van der Waals surface area contributed by atoms with Gasteiger partial charge < -0.3 is 5.32 Å². The van der Waals surface area contributed by atoms with Crippen molar-refractivity contribution < 1.29 is 4.79 Å². The molecule has 0 unspecified atom stereocenters. The monoisotopic (exact) mass is 273 g/mol. The van der Waals surface area contributed by atoms with Crippen LogP contribution in [-0.4, -0.2) is 5.91 Å². The third-order valence-corrected chi connectivity index (χ3v) is 2.60. The molecule has 0 fully saturated rings. The number of halogens is 2. The van der Waals surface area contributed by atoms with E-state index in [0.717, 1.165) is 11.3 Å². The molecule has 2 nitrogen and oxygen atoms in total. The van der Waals surface area contributed by atoms with E-state index in [4.69, 9.17) is 11.6 Å². The summed E-state index contributed by atoms with van der Waals surface area (Å²) in [5.74, 6) is -0.0962. The molecule has 1 N–H and O–H groups in total. The number of nitrogens with one attached hydrogen (secondary N) is 1. The summed E-state index contributed by atoms with van der Waals surface area (Å²) in [5, 5.41) is 3.28. The SMILES string of the molecule is CC(=O)Nc1cccc(/C(Cl)=C/Br)c1. The molecule has 0 bridgehead atoms. The van der Waals surface area contributed by atoms with Crippen molar-refractivity contribution in [2.75, 3.05) is 5.32 Å². The summed E-state index contributed by atoms with van der Waals surface area (Å²) in [6.45, 7) is 1.47. The molecule has 74 valence electrons. The van der Waals surface area contributed by atoms with Gasteiger partial charge in [0, 0.05) is 17.6 Å². The highest BCUT2D eigenvalue weighted by atomic mass is 79.9. The molecule has 0 aliphatic carbocycles. The van der Waals surface area contributed by atoms with Crippen LogP contribution >= 0.6 is 27.5 Å². The van der Waals surface area contributed by atoms with Crippen LogP contribution in [0.25, 0.3) is 5.03 Å². The van der Waals surface area contributed by atoms with Gasteiger partial charge in [0.15, 0.2) is 0 Å². The standard InChI is InChI=1S/C10H9BrClNO/c1-7(14)13-9-4-2-3-8(5-9)10(12)6-11/h2-6H,1H3,(H,13,14)/b10-6-. The molecular formula is C10H9BrClNO. The van der Waals surface area contributed by atoms with Gasteiger partial charge in [-0.2, -0.15) is 0 Å². The van der Waals surface area contributed by atoms with Crippen LogP contribution in [0.1, 0.15) is 12.5 Å². The second kappa shape index (κ2) is 5.17. The minimum absolute atomic E-state index is 0.0962. The zero-order valence-corrected chi connectivity index (χ0v) is 9.89. The zero-order valence-electron chi connectivity index (χ0n) is 7.55. The van der Waals surface area contributed by atoms with E-state index in [1.807, 2.05) is 24.3 Å². The quantitative estimate of drug-likeness (QED) is 0.877. The smallest absolute Gasteiger partial charge is 0.221 e. The lowest BCUT2D eigenvalue weighted by atomic mass is 10.2. The number of amides is 1. The first-order chi connectivity index (χ1) is 6.63. The van der Waals surface area contributed by atoms with Gasteiger partial charge >= 0.3 is 0 Å². The maximum absolute atomic E-state index is 10.8. The average molecular weight is 275 g/mol. The fourth-order valence-electron chi connectivity index (χ4n) is 1.01. The van der Waals surface area contributed by atoms with Gasteiger partial charge in [-0.1, -0.05) is 39.7 Å². The van der Waals surface area contributed by atoms with Crippen LogP contribution in [0.4, 0.5) is 5.69 Å². The van der Waals surface area contributed by atoms with Crippen molar-refractivity contribution in [1.82, 2.24) is 0 Å². The summed E-state index contributed by atoms with van der Waals surface area (Å²) in [7, 11) is 0. The average Bonchev–Trinajstić information content (AvgIpc) is 2.16. The second-order valence-electron chi connectivity index (χ2n) is 2.72. The lowest BCUT2D eigenvalue weighted by Crippen LogP contribution is -2.05. The van der Waals surface area contributed by atoms with Crippen molar-refractivity contribution in [3.05, 3.63) is 34.8 Å². The Morgan fingerprint density at radius 2 is 2.29 bits per heavy atom. The molecule has 0 aromatic heterocycles. The van der Waals surface area contributed by atoms with Crippen molar-refractivity contribution in [1.29, 1.82) is 0 Å². The molecular weight excluding hydrogens is 265 g/mol. The number of carbonyl (C=O) groups excluding carboxylic acids is 1. The van der Waals surface area contributed by atoms with Gasteiger partial charge in [0.25, 0.3) is 0 Å². The third kappa shape index (κ3) is 3.16. The van der Waals surface area contributed by atoms with Crippen LogP contribution in [0.3, 0.4) is 0 Å². The van der Waals surface area contributed by atoms with E-state index in [-0.39, 0.29) is 5.91 Å². The minimum atomic E-state index is -0.0962. The molecule has 1 aromatic rings. The summed E-state index contributed by atoms with van der Waals surface area (Å²) in [4.78, 5) is 12.4. The number of carbonyl (C=O) groups is 1. The van der Waals surface area contributed by atoms with Gasteiger partial charge in [-0.3, -0.25) is 4.79 Å². The normalized spacial score (nSPS) is 11.2. The van der Waals surface area contributed by atoms with E-state index in [9.17, 15) is 4.79 Å². The van der Waals surface area contributed by atoms with E-state index in [1.54, 1.807) is 4.99 Å². The summed E-state index contributed by atoms with van der Waals surface area (Å²) in [6.07, 6.45) is 0. The number of rotatable bonds is 2. The molecule has 0 atom stereocenters. The topological polar surface area (TPSA) is 29.1 Å². The first kappa shape index (κ1) is 11.3. The first-order valence-electron chi connectivity index (χ1n) is 3.97. The molecule has 4 heteroatoms. The predicted molar refractivity (Wildman–Crippen MR) is 63.5 cm³/mol. The Kier molecular flexibility index (Phi) is 4.17. The number of hydrogen-bond donors (Lipinski definition) is 1. The molecule has 0 heterocycles. The highest BCUT2D eigenvalue weighted by Gasteiger charge is 1.99. The van der Waals surface area contributed by atoms with E-state index in [2.05, 4.69) is 21.2 Å². The Morgan fingerprint density at radius 3 is 2.86 bits per heavy atom. The van der Waals surface area contributed by atoms with Crippen LogP contribution in [0.2, 0.25) is 0 Å². The Bertz CT molecular complexity index is 376. The lowest BCUT2D eigenvalue weighted by Gasteiger charge is -2.04. The maximum atomic E-state index is 10.8.